The Kier molecular flexibility index (Phi) is 6.75. The maximum Gasteiger partial charge on any atom is 0.225 e. The van der Waals surface area contributed by atoms with E-state index in [-0.39, 0.29) is 17.6 Å². The molecular weight excluding hydrogens is 384 g/mol. The Morgan fingerprint density at radius 3 is 2.28 bits per heavy atom. The number of nitrogens with zero attached hydrogens (tertiary/aromatic N) is 2. The lowest BCUT2D eigenvalue weighted by molar-refractivity contribution is -0.135. The summed E-state index contributed by atoms with van der Waals surface area (Å²) in [5.74, 6) is 0.00269. The van der Waals surface area contributed by atoms with Crippen LogP contribution in [0.1, 0.15) is 35.1 Å². The molecule has 0 radical (unpaired) electrons. The summed E-state index contributed by atoms with van der Waals surface area (Å²) in [4.78, 5) is 14.6. The zero-order valence-corrected chi connectivity index (χ0v) is 18.3. The monoisotopic (exact) mass is 414 g/mol. The van der Waals surface area contributed by atoms with Crippen molar-refractivity contribution in [3.05, 3.63) is 70.8 Å². The molecule has 3 rings (SSSR count). The Balaban J connectivity index is 1.55. The van der Waals surface area contributed by atoms with E-state index in [1.807, 2.05) is 69.4 Å². The van der Waals surface area contributed by atoms with Crippen molar-refractivity contribution in [2.75, 3.05) is 20.1 Å². The minimum Gasteiger partial charge on any atom is -0.341 e. The number of piperidine rings is 1. The lowest BCUT2D eigenvalue weighted by atomic mass is 9.96. The van der Waals surface area contributed by atoms with Gasteiger partial charge in [-0.2, -0.15) is 0 Å². The molecule has 2 aromatic carbocycles. The summed E-state index contributed by atoms with van der Waals surface area (Å²) in [6.07, 6.45) is 1.15. The van der Waals surface area contributed by atoms with Crippen molar-refractivity contribution in [3.63, 3.8) is 0 Å². The van der Waals surface area contributed by atoms with Crippen molar-refractivity contribution in [3.8, 4) is 0 Å². The number of carbonyl (C=O) groups excluding carboxylic acids is 1. The standard InChI is InChI=1S/C23H30N2O3S/c1-18-8-10-20(11-9-18)16-24(3)23(26)21-12-14-25(15-13-21)29(27,28)17-22-7-5-4-6-19(22)2/h4-11,21H,12-17H2,1-3H3. The second kappa shape index (κ2) is 9.09. The van der Waals surface area contributed by atoms with E-state index in [0.717, 1.165) is 16.7 Å². The van der Waals surface area contributed by atoms with Crippen molar-refractivity contribution >= 4 is 15.9 Å². The van der Waals surface area contributed by atoms with Gasteiger partial charge in [-0.3, -0.25) is 4.79 Å². The molecule has 2 aromatic rings. The van der Waals surface area contributed by atoms with Crippen LogP contribution < -0.4 is 0 Å². The van der Waals surface area contributed by atoms with Gasteiger partial charge in [0.25, 0.3) is 0 Å². The fraction of sp³-hybridized carbons (Fsp3) is 0.435. The maximum absolute atomic E-state index is 12.8. The summed E-state index contributed by atoms with van der Waals surface area (Å²) in [6.45, 7) is 5.36. The van der Waals surface area contributed by atoms with Crippen LogP contribution in [0.4, 0.5) is 0 Å². The van der Waals surface area contributed by atoms with Crippen LogP contribution in [-0.2, 0) is 27.1 Å². The minimum atomic E-state index is -3.37. The first-order chi connectivity index (χ1) is 13.8. The summed E-state index contributed by atoms with van der Waals surface area (Å²) in [7, 11) is -1.55. The maximum atomic E-state index is 12.8. The van der Waals surface area contributed by atoms with Crippen molar-refractivity contribution in [2.24, 2.45) is 5.92 Å². The molecule has 5 nitrogen and oxygen atoms in total. The van der Waals surface area contributed by atoms with Crippen LogP contribution in [0.2, 0.25) is 0 Å². The van der Waals surface area contributed by atoms with Crippen LogP contribution in [0.15, 0.2) is 48.5 Å². The van der Waals surface area contributed by atoms with Crippen LogP contribution in [-0.4, -0.2) is 43.7 Å². The highest BCUT2D eigenvalue weighted by atomic mass is 32.2. The van der Waals surface area contributed by atoms with Gasteiger partial charge in [-0.05, 0) is 43.4 Å². The number of rotatable bonds is 6. The summed E-state index contributed by atoms with van der Waals surface area (Å²) >= 11 is 0. The van der Waals surface area contributed by atoms with Crippen LogP contribution in [0, 0.1) is 19.8 Å². The third kappa shape index (κ3) is 5.46. The predicted octanol–water partition coefficient (Wildman–Crippen LogP) is 3.50. The number of sulfonamides is 1. The Bertz CT molecular complexity index is 946. The van der Waals surface area contributed by atoms with Crippen LogP contribution >= 0.6 is 0 Å². The molecule has 1 aliphatic heterocycles. The zero-order valence-electron chi connectivity index (χ0n) is 17.5. The molecule has 1 heterocycles. The molecule has 29 heavy (non-hydrogen) atoms. The molecule has 1 saturated heterocycles. The smallest absolute Gasteiger partial charge is 0.225 e. The molecule has 0 aromatic heterocycles. The largest absolute Gasteiger partial charge is 0.341 e. The lowest BCUT2D eigenvalue weighted by Gasteiger charge is -2.32. The van der Waals surface area contributed by atoms with Crippen LogP contribution in [0.5, 0.6) is 0 Å². The van der Waals surface area contributed by atoms with Gasteiger partial charge in [-0.1, -0.05) is 54.1 Å². The molecule has 1 amide bonds. The minimum absolute atomic E-state index is 0.0195. The Morgan fingerprint density at radius 2 is 1.66 bits per heavy atom. The first-order valence-corrected chi connectivity index (χ1v) is 11.7. The van der Waals surface area contributed by atoms with E-state index >= 15 is 0 Å². The molecule has 0 atom stereocenters. The first kappa shape index (κ1) is 21.5. The molecular formula is C23H30N2O3S. The summed E-state index contributed by atoms with van der Waals surface area (Å²) < 4.78 is 27.2. The molecule has 0 saturated carbocycles. The highest BCUT2D eigenvalue weighted by molar-refractivity contribution is 7.88. The van der Waals surface area contributed by atoms with Gasteiger partial charge in [0.15, 0.2) is 0 Å². The van der Waals surface area contributed by atoms with Gasteiger partial charge in [0, 0.05) is 32.6 Å². The Morgan fingerprint density at radius 1 is 1.03 bits per heavy atom. The van der Waals surface area contributed by atoms with Crippen molar-refractivity contribution < 1.29 is 13.2 Å². The molecule has 0 bridgehead atoms. The molecule has 6 heteroatoms. The third-order valence-electron chi connectivity index (χ3n) is 5.71. The summed E-state index contributed by atoms with van der Waals surface area (Å²) in [5.41, 5.74) is 4.12. The zero-order chi connectivity index (χ0) is 21.0. The van der Waals surface area contributed by atoms with Crippen LogP contribution in [0.25, 0.3) is 0 Å². The van der Waals surface area contributed by atoms with E-state index in [9.17, 15) is 13.2 Å². The molecule has 0 spiro atoms. The average molecular weight is 415 g/mol. The van der Waals surface area contributed by atoms with Crippen molar-refractivity contribution in [1.29, 1.82) is 0 Å². The fourth-order valence-corrected chi connectivity index (χ4v) is 5.46. The fourth-order valence-electron chi connectivity index (χ4n) is 3.80. The number of amides is 1. The lowest BCUT2D eigenvalue weighted by Crippen LogP contribution is -2.43. The van der Waals surface area contributed by atoms with Crippen LogP contribution in [0.3, 0.4) is 0 Å². The van der Waals surface area contributed by atoms with Gasteiger partial charge >= 0.3 is 0 Å². The quantitative estimate of drug-likeness (QED) is 0.727. The Hall–Kier alpha value is -2.18. The number of benzene rings is 2. The summed E-state index contributed by atoms with van der Waals surface area (Å²) in [5, 5.41) is 0. The van der Waals surface area contributed by atoms with Gasteiger partial charge < -0.3 is 4.90 Å². The normalized spacial score (nSPS) is 16.0. The number of hydrogen-bond donors (Lipinski definition) is 0. The van der Waals surface area contributed by atoms with E-state index in [4.69, 9.17) is 0 Å². The van der Waals surface area contributed by atoms with Gasteiger partial charge in [0.2, 0.25) is 15.9 Å². The van der Waals surface area contributed by atoms with E-state index in [0.29, 0.717) is 32.5 Å². The van der Waals surface area contributed by atoms with Gasteiger partial charge in [0.1, 0.15) is 0 Å². The van der Waals surface area contributed by atoms with E-state index in [1.165, 1.54) is 5.56 Å². The molecule has 0 N–H and O–H groups in total. The van der Waals surface area contributed by atoms with Gasteiger partial charge in [-0.15, -0.1) is 0 Å². The molecule has 1 fully saturated rings. The van der Waals surface area contributed by atoms with Gasteiger partial charge in [0.05, 0.1) is 5.75 Å². The highest BCUT2D eigenvalue weighted by Crippen LogP contribution is 2.24. The number of hydrogen-bond acceptors (Lipinski definition) is 3. The molecule has 1 aliphatic rings. The SMILES string of the molecule is Cc1ccc(CN(C)C(=O)C2CCN(S(=O)(=O)Cc3ccccc3C)CC2)cc1. The highest BCUT2D eigenvalue weighted by Gasteiger charge is 2.32. The Labute approximate surface area is 174 Å². The van der Waals surface area contributed by atoms with E-state index < -0.39 is 10.0 Å². The average Bonchev–Trinajstić information content (AvgIpc) is 2.71. The van der Waals surface area contributed by atoms with Crippen molar-refractivity contribution in [1.82, 2.24) is 9.21 Å². The third-order valence-corrected chi connectivity index (χ3v) is 7.54. The molecule has 0 unspecified atom stereocenters. The summed E-state index contributed by atoms with van der Waals surface area (Å²) in [6, 6.07) is 15.8. The molecule has 156 valence electrons. The van der Waals surface area contributed by atoms with Gasteiger partial charge in [-0.25, -0.2) is 12.7 Å². The van der Waals surface area contributed by atoms with Crippen molar-refractivity contribution in [2.45, 2.75) is 39.0 Å². The predicted molar refractivity (Wildman–Crippen MR) is 116 cm³/mol. The first-order valence-electron chi connectivity index (χ1n) is 10.1. The second-order valence-electron chi connectivity index (χ2n) is 8.04. The topological polar surface area (TPSA) is 57.7 Å². The van der Waals surface area contributed by atoms with E-state index in [2.05, 4.69) is 0 Å². The van der Waals surface area contributed by atoms with E-state index in [1.54, 1.807) is 9.21 Å². The second-order valence-corrected chi connectivity index (χ2v) is 10.0. The molecule has 0 aliphatic carbocycles. The number of carbonyl (C=O) groups is 1. The number of aryl methyl sites for hydroxylation is 2.